The third-order valence-electron chi connectivity index (χ3n) is 3.87. The molecule has 0 aromatic heterocycles. The Morgan fingerprint density at radius 3 is 2.30 bits per heavy atom. The number of benzene rings is 2. The Bertz CT molecular complexity index is 794. The first-order chi connectivity index (χ1) is 12.7. The molecule has 144 valence electrons. The van der Waals surface area contributed by atoms with Crippen LogP contribution in [0.25, 0.3) is 0 Å². The van der Waals surface area contributed by atoms with E-state index in [4.69, 9.17) is 0 Å². The van der Waals surface area contributed by atoms with Crippen LogP contribution in [0.15, 0.2) is 54.6 Å². The first-order valence-electron chi connectivity index (χ1n) is 8.11. The Morgan fingerprint density at radius 1 is 1.07 bits per heavy atom. The smallest absolute Gasteiger partial charge is 0.387 e. The molecule has 0 aliphatic rings. The lowest BCUT2D eigenvalue weighted by molar-refractivity contribution is -0.139. The number of likely N-dealkylation sites (N-methyl/N-ethyl adjacent to an activating group) is 1. The molecule has 0 bridgehead atoms. The minimum Gasteiger partial charge on any atom is -0.387 e. The van der Waals surface area contributed by atoms with E-state index in [1.54, 1.807) is 30.3 Å². The van der Waals surface area contributed by atoms with Crippen LogP contribution in [0.4, 0.5) is 13.2 Å². The molecule has 2 N–H and O–H groups in total. The fourth-order valence-electron chi connectivity index (χ4n) is 2.51. The second-order valence-electron chi connectivity index (χ2n) is 5.93. The monoisotopic (exact) mass is 380 g/mol. The number of hydrogen-bond acceptors (Lipinski definition) is 3. The molecule has 0 saturated heterocycles. The summed E-state index contributed by atoms with van der Waals surface area (Å²) in [7, 11) is 1.43. The Kier molecular flexibility index (Phi) is 6.57. The topological polar surface area (TPSA) is 69.6 Å². The van der Waals surface area contributed by atoms with Crippen LogP contribution in [-0.4, -0.2) is 42.0 Å². The lowest BCUT2D eigenvalue weighted by atomic mass is 10.0. The molecular formula is C19H19F3N2O3. The molecule has 2 aromatic carbocycles. The van der Waals surface area contributed by atoms with Gasteiger partial charge >= 0.3 is 6.18 Å². The molecule has 2 amide bonds. The van der Waals surface area contributed by atoms with Gasteiger partial charge < -0.3 is 15.3 Å². The Labute approximate surface area is 154 Å². The van der Waals surface area contributed by atoms with Crippen LogP contribution in [0.5, 0.6) is 0 Å². The maximum Gasteiger partial charge on any atom is 0.416 e. The van der Waals surface area contributed by atoms with Crippen molar-refractivity contribution in [3.8, 4) is 0 Å². The summed E-state index contributed by atoms with van der Waals surface area (Å²) in [6.45, 7) is -0.694. The molecule has 1 unspecified atom stereocenters. The molecular weight excluding hydrogens is 361 g/mol. The Balaban J connectivity index is 1.93. The highest BCUT2D eigenvalue weighted by atomic mass is 19.4. The normalized spacial score (nSPS) is 12.3. The van der Waals surface area contributed by atoms with Crippen LogP contribution in [-0.2, 0) is 11.0 Å². The average molecular weight is 380 g/mol. The number of carbonyl (C=O) groups excluding carboxylic acids is 2. The summed E-state index contributed by atoms with van der Waals surface area (Å²) >= 11 is 0. The van der Waals surface area contributed by atoms with E-state index in [2.05, 4.69) is 5.32 Å². The molecule has 27 heavy (non-hydrogen) atoms. The molecule has 2 rings (SSSR count). The largest absolute Gasteiger partial charge is 0.416 e. The van der Waals surface area contributed by atoms with Crippen molar-refractivity contribution in [3.05, 3.63) is 71.3 Å². The van der Waals surface area contributed by atoms with Gasteiger partial charge in [-0.25, -0.2) is 0 Å². The summed E-state index contributed by atoms with van der Waals surface area (Å²) in [4.78, 5) is 25.3. The number of carbonyl (C=O) groups is 2. The second kappa shape index (κ2) is 8.68. The van der Waals surface area contributed by atoms with E-state index in [9.17, 15) is 27.9 Å². The van der Waals surface area contributed by atoms with E-state index in [1.165, 1.54) is 24.1 Å². The molecule has 2 aromatic rings. The minimum atomic E-state index is -4.61. The number of rotatable bonds is 6. The van der Waals surface area contributed by atoms with Crippen molar-refractivity contribution in [1.82, 2.24) is 10.2 Å². The number of halogens is 3. The van der Waals surface area contributed by atoms with Crippen LogP contribution in [0.1, 0.15) is 27.6 Å². The first kappa shape index (κ1) is 20.4. The number of nitrogens with one attached hydrogen (secondary N) is 1. The van der Waals surface area contributed by atoms with Gasteiger partial charge in [-0.2, -0.15) is 13.2 Å². The van der Waals surface area contributed by atoms with Crippen molar-refractivity contribution in [2.75, 3.05) is 20.1 Å². The molecule has 8 heteroatoms. The van der Waals surface area contributed by atoms with Gasteiger partial charge in [0.25, 0.3) is 5.91 Å². The van der Waals surface area contributed by atoms with Crippen molar-refractivity contribution in [2.45, 2.75) is 12.3 Å². The summed E-state index contributed by atoms with van der Waals surface area (Å²) in [5.41, 5.74) is -0.867. The van der Waals surface area contributed by atoms with Crippen molar-refractivity contribution < 1.29 is 27.9 Å². The zero-order valence-corrected chi connectivity index (χ0v) is 14.5. The zero-order chi connectivity index (χ0) is 20.0. The number of aliphatic hydroxyl groups is 1. The van der Waals surface area contributed by atoms with E-state index in [0.29, 0.717) is 5.56 Å². The minimum absolute atomic E-state index is 0.290. The van der Waals surface area contributed by atoms with Gasteiger partial charge in [0.05, 0.1) is 18.2 Å². The molecule has 0 fully saturated rings. The van der Waals surface area contributed by atoms with Crippen LogP contribution >= 0.6 is 0 Å². The number of amides is 2. The second-order valence-corrected chi connectivity index (χ2v) is 5.93. The molecule has 0 aliphatic heterocycles. The maximum absolute atomic E-state index is 13.0. The highest BCUT2D eigenvalue weighted by Gasteiger charge is 2.34. The SMILES string of the molecule is CN(CC(=O)NCC(O)c1ccccc1C(F)(F)F)C(=O)c1ccccc1. The third-order valence-corrected chi connectivity index (χ3v) is 3.87. The molecule has 5 nitrogen and oxygen atoms in total. The van der Waals surface area contributed by atoms with Crippen LogP contribution in [0, 0.1) is 0 Å². The molecule has 0 spiro atoms. The number of nitrogens with zero attached hydrogens (tertiary/aromatic N) is 1. The molecule has 0 radical (unpaired) electrons. The predicted molar refractivity (Wildman–Crippen MR) is 92.8 cm³/mol. The summed E-state index contributed by atoms with van der Waals surface area (Å²) in [5, 5.41) is 12.4. The van der Waals surface area contributed by atoms with Gasteiger partial charge in [-0.3, -0.25) is 9.59 Å². The van der Waals surface area contributed by atoms with E-state index in [0.717, 1.165) is 12.1 Å². The van der Waals surface area contributed by atoms with Crippen molar-refractivity contribution in [2.24, 2.45) is 0 Å². The number of alkyl halides is 3. The predicted octanol–water partition coefficient (Wildman–Crippen LogP) is 2.63. The first-order valence-corrected chi connectivity index (χ1v) is 8.11. The highest BCUT2D eigenvalue weighted by Crippen LogP contribution is 2.34. The van der Waals surface area contributed by atoms with Crippen LogP contribution in [0.2, 0.25) is 0 Å². The molecule has 0 heterocycles. The Morgan fingerprint density at radius 2 is 1.67 bits per heavy atom. The molecule has 0 aliphatic carbocycles. The summed E-state index contributed by atoms with van der Waals surface area (Å²) in [6.07, 6.45) is -6.13. The van der Waals surface area contributed by atoms with Gasteiger partial charge in [0, 0.05) is 19.2 Å². The van der Waals surface area contributed by atoms with E-state index in [-0.39, 0.29) is 18.0 Å². The maximum atomic E-state index is 13.0. The van der Waals surface area contributed by atoms with Crippen LogP contribution < -0.4 is 5.32 Å². The number of aliphatic hydroxyl groups excluding tert-OH is 1. The average Bonchev–Trinajstić information content (AvgIpc) is 2.65. The molecule has 1 atom stereocenters. The lowest BCUT2D eigenvalue weighted by Gasteiger charge is -2.20. The fraction of sp³-hybridized carbons (Fsp3) is 0.263. The standard InChI is InChI=1S/C19H19F3N2O3/c1-24(18(27)13-7-3-2-4-8-13)12-17(26)23-11-16(25)14-9-5-6-10-15(14)19(20,21)22/h2-10,16,25H,11-12H2,1H3,(H,23,26). The van der Waals surface area contributed by atoms with Crippen molar-refractivity contribution >= 4 is 11.8 Å². The van der Waals surface area contributed by atoms with Gasteiger partial charge in [0.15, 0.2) is 0 Å². The lowest BCUT2D eigenvalue weighted by Crippen LogP contribution is -2.39. The van der Waals surface area contributed by atoms with E-state index < -0.39 is 30.3 Å². The van der Waals surface area contributed by atoms with Gasteiger partial charge in [0.1, 0.15) is 0 Å². The Hall–Kier alpha value is -2.87. The van der Waals surface area contributed by atoms with Gasteiger partial charge in [-0.1, -0.05) is 36.4 Å². The summed E-state index contributed by atoms with van der Waals surface area (Å²) in [6, 6.07) is 13.0. The zero-order valence-electron chi connectivity index (χ0n) is 14.5. The van der Waals surface area contributed by atoms with Crippen molar-refractivity contribution in [3.63, 3.8) is 0 Å². The highest BCUT2D eigenvalue weighted by molar-refractivity contribution is 5.96. The molecule has 0 saturated carbocycles. The summed E-state index contributed by atoms with van der Waals surface area (Å²) in [5.74, 6) is -0.959. The fourth-order valence-corrected chi connectivity index (χ4v) is 2.51. The third kappa shape index (κ3) is 5.55. The summed E-state index contributed by atoms with van der Waals surface area (Å²) < 4.78 is 39.0. The number of hydrogen-bond donors (Lipinski definition) is 2. The van der Waals surface area contributed by atoms with Crippen LogP contribution in [0.3, 0.4) is 0 Å². The van der Waals surface area contributed by atoms with E-state index in [1.807, 2.05) is 0 Å². The van der Waals surface area contributed by atoms with Gasteiger partial charge in [-0.05, 0) is 23.8 Å². The van der Waals surface area contributed by atoms with Crippen molar-refractivity contribution in [1.29, 1.82) is 0 Å². The van der Waals surface area contributed by atoms with Gasteiger partial charge in [0.2, 0.25) is 5.91 Å². The van der Waals surface area contributed by atoms with Gasteiger partial charge in [-0.15, -0.1) is 0 Å². The quantitative estimate of drug-likeness (QED) is 0.810. The van der Waals surface area contributed by atoms with E-state index >= 15 is 0 Å².